The van der Waals surface area contributed by atoms with Crippen molar-refractivity contribution < 1.29 is 14.3 Å². The number of thiazole rings is 1. The van der Waals surface area contributed by atoms with Gasteiger partial charge in [-0.2, -0.15) is 0 Å². The second-order valence-electron chi connectivity index (χ2n) is 10.2. The zero-order valence-corrected chi connectivity index (χ0v) is 24.6. The van der Waals surface area contributed by atoms with Gasteiger partial charge < -0.3 is 9.64 Å². The highest BCUT2D eigenvalue weighted by Gasteiger charge is 2.28. The van der Waals surface area contributed by atoms with E-state index in [-0.39, 0.29) is 11.6 Å². The Kier molecular flexibility index (Phi) is 8.02. The molecule has 0 atom stereocenters. The lowest BCUT2D eigenvalue weighted by atomic mass is 9.94. The molecule has 6 rings (SSSR count). The van der Waals surface area contributed by atoms with Gasteiger partial charge in [0.15, 0.2) is 5.13 Å². The van der Waals surface area contributed by atoms with Crippen LogP contribution < -0.4 is 10.2 Å². The van der Waals surface area contributed by atoms with Crippen LogP contribution in [0.3, 0.4) is 0 Å². The van der Waals surface area contributed by atoms with Crippen molar-refractivity contribution in [1.82, 2.24) is 14.9 Å². The van der Waals surface area contributed by atoms with Crippen LogP contribution in [0.2, 0.25) is 5.02 Å². The number of pyridine rings is 1. The van der Waals surface area contributed by atoms with Gasteiger partial charge in [-0.3, -0.25) is 15.0 Å². The van der Waals surface area contributed by atoms with Crippen molar-refractivity contribution in [3.8, 4) is 10.6 Å². The number of benzene rings is 1. The number of hydrogen-bond donors (Lipinski definition) is 1. The number of methoxy groups -OCH3 is 1. The van der Waals surface area contributed by atoms with E-state index in [1.165, 1.54) is 50.6 Å². The maximum absolute atomic E-state index is 13.3. The van der Waals surface area contributed by atoms with Crippen molar-refractivity contribution in [3.05, 3.63) is 58.1 Å². The number of hydrogen-bond acceptors (Lipinski definition) is 9. The lowest BCUT2D eigenvalue weighted by Crippen LogP contribution is -2.50. The van der Waals surface area contributed by atoms with E-state index >= 15 is 0 Å². The van der Waals surface area contributed by atoms with E-state index in [9.17, 15) is 9.59 Å². The van der Waals surface area contributed by atoms with Crippen LogP contribution in [0.15, 0.2) is 41.8 Å². The number of nitrogens with one attached hydrogen (secondary N) is 1. The van der Waals surface area contributed by atoms with Gasteiger partial charge in [0.05, 0.1) is 22.5 Å². The third-order valence-electron chi connectivity index (χ3n) is 7.67. The third kappa shape index (κ3) is 5.72. The van der Waals surface area contributed by atoms with Crippen LogP contribution in [0.25, 0.3) is 21.5 Å². The molecule has 1 saturated heterocycles. The van der Waals surface area contributed by atoms with Gasteiger partial charge in [0.1, 0.15) is 16.4 Å². The molecule has 0 unspecified atom stereocenters. The molecular weight excluding hydrogens is 566 g/mol. The molecule has 1 aromatic carbocycles. The summed E-state index contributed by atoms with van der Waals surface area (Å²) in [7, 11) is 1.32. The van der Waals surface area contributed by atoms with Crippen LogP contribution in [-0.4, -0.2) is 66.1 Å². The minimum absolute atomic E-state index is 0.225. The first-order valence-corrected chi connectivity index (χ1v) is 15.6. The Hall–Kier alpha value is -3.05. The number of aromatic nitrogens is 2. The smallest absolute Gasteiger partial charge is 0.356 e. The molecule has 4 heterocycles. The summed E-state index contributed by atoms with van der Waals surface area (Å²) < 4.78 is 4.75. The van der Waals surface area contributed by atoms with Gasteiger partial charge in [-0.25, -0.2) is 14.8 Å². The summed E-state index contributed by atoms with van der Waals surface area (Å²) in [5.74, 6) is -0.751. The van der Waals surface area contributed by atoms with E-state index in [1.54, 1.807) is 41.7 Å². The van der Waals surface area contributed by atoms with E-state index in [0.29, 0.717) is 27.3 Å². The fourth-order valence-electron chi connectivity index (χ4n) is 5.57. The highest BCUT2D eigenvalue weighted by Crippen LogP contribution is 2.42. The molecule has 3 aromatic heterocycles. The first-order chi connectivity index (χ1) is 19.5. The number of amides is 1. The molecular formula is C29H30ClN5O3S2. The van der Waals surface area contributed by atoms with Gasteiger partial charge in [-0.15, -0.1) is 11.3 Å². The maximum atomic E-state index is 13.3. The van der Waals surface area contributed by atoms with Gasteiger partial charge in [-0.05, 0) is 43.2 Å². The number of ether oxygens (including phenoxy) is 1. The van der Waals surface area contributed by atoms with E-state index in [1.807, 2.05) is 11.4 Å². The number of rotatable bonds is 6. The average molecular weight is 596 g/mol. The van der Waals surface area contributed by atoms with Crippen LogP contribution in [0.4, 0.5) is 10.1 Å². The van der Waals surface area contributed by atoms with Crippen molar-refractivity contribution >= 4 is 67.2 Å². The summed E-state index contributed by atoms with van der Waals surface area (Å²) in [5.41, 5.74) is 2.18. The number of thiophene rings is 1. The molecule has 0 radical (unpaired) electrons. The number of nitrogens with zero attached hydrogens (tertiary/aromatic N) is 4. The van der Waals surface area contributed by atoms with Crippen molar-refractivity contribution in [2.24, 2.45) is 0 Å². The zero-order chi connectivity index (χ0) is 27.6. The second-order valence-corrected chi connectivity index (χ2v) is 12.5. The summed E-state index contributed by atoms with van der Waals surface area (Å²) in [6.45, 7) is 3.95. The van der Waals surface area contributed by atoms with E-state index < -0.39 is 5.97 Å². The molecule has 8 nitrogen and oxygen atoms in total. The molecule has 1 aliphatic carbocycles. The summed E-state index contributed by atoms with van der Waals surface area (Å²) >= 11 is 9.34. The van der Waals surface area contributed by atoms with E-state index in [4.69, 9.17) is 21.3 Å². The summed E-state index contributed by atoms with van der Waals surface area (Å²) in [4.78, 5) is 40.3. The SMILES string of the molecule is COC(=O)c1ccc2cc(C(=O)Nc3nc(-c4cc(Cl)cs4)c(N4CCN(C5CCCCC5)CC4)s3)ccc2n1. The van der Waals surface area contributed by atoms with Crippen LogP contribution >= 0.6 is 34.3 Å². The predicted molar refractivity (Wildman–Crippen MR) is 162 cm³/mol. The molecule has 0 bridgehead atoms. The standard InChI is InChI=1S/C29H30ClN5O3S2/c1-38-28(37)23-10-7-18-15-19(8-9-22(18)31-23)26(36)33-29-32-25(24-16-20(30)17-39-24)27(40-29)35-13-11-34(12-14-35)21-5-3-2-4-6-21/h7-10,15-17,21H,2-6,11-14H2,1H3,(H,32,33,36). The molecule has 1 N–H and O–H groups in total. The van der Waals surface area contributed by atoms with Gasteiger partial charge in [0.25, 0.3) is 5.91 Å². The molecule has 0 spiro atoms. The Morgan fingerprint density at radius 1 is 1.02 bits per heavy atom. The first-order valence-electron chi connectivity index (χ1n) is 13.5. The Morgan fingerprint density at radius 2 is 1.82 bits per heavy atom. The molecule has 1 saturated carbocycles. The lowest BCUT2D eigenvalue weighted by molar-refractivity contribution is 0.0594. The number of anilines is 2. The average Bonchev–Trinajstić information content (AvgIpc) is 3.62. The summed E-state index contributed by atoms with van der Waals surface area (Å²) in [6, 6.07) is 11.2. The van der Waals surface area contributed by atoms with Gasteiger partial charge in [0.2, 0.25) is 0 Å². The highest BCUT2D eigenvalue weighted by molar-refractivity contribution is 7.21. The van der Waals surface area contributed by atoms with Crippen LogP contribution in [0.1, 0.15) is 53.0 Å². The summed E-state index contributed by atoms with van der Waals surface area (Å²) in [5, 5.41) is 7.97. The Labute approximate surface area is 245 Å². The normalized spacial score (nSPS) is 16.8. The van der Waals surface area contributed by atoms with Crippen LogP contribution in [-0.2, 0) is 4.74 Å². The van der Waals surface area contributed by atoms with Crippen molar-refractivity contribution in [3.63, 3.8) is 0 Å². The maximum Gasteiger partial charge on any atom is 0.356 e. The van der Waals surface area contributed by atoms with E-state index in [2.05, 4.69) is 20.1 Å². The number of carbonyl (C=O) groups is 2. The Balaban J connectivity index is 1.21. The van der Waals surface area contributed by atoms with Crippen molar-refractivity contribution in [1.29, 1.82) is 0 Å². The number of piperazine rings is 1. The fourth-order valence-corrected chi connectivity index (χ4v) is 7.72. The lowest BCUT2D eigenvalue weighted by Gasteiger charge is -2.41. The quantitative estimate of drug-likeness (QED) is 0.252. The molecule has 1 aliphatic heterocycles. The molecule has 1 amide bonds. The zero-order valence-electron chi connectivity index (χ0n) is 22.2. The minimum Gasteiger partial charge on any atom is -0.464 e. The van der Waals surface area contributed by atoms with Crippen molar-refractivity contribution in [2.75, 3.05) is 43.5 Å². The molecule has 208 valence electrons. The molecule has 11 heteroatoms. The minimum atomic E-state index is -0.499. The highest BCUT2D eigenvalue weighted by atomic mass is 35.5. The van der Waals surface area contributed by atoms with Gasteiger partial charge in [0, 0.05) is 48.6 Å². The Bertz CT molecular complexity index is 1540. The molecule has 4 aromatic rings. The first kappa shape index (κ1) is 27.1. The third-order valence-corrected chi connectivity index (χ3v) is 9.99. The summed E-state index contributed by atoms with van der Waals surface area (Å²) in [6.07, 6.45) is 6.67. The van der Waals surface area contributed by atoms with E-state index in [0.717, 1.165) is 47.1 Å². The molecule has 40 heavy (non-hydrogen) atoms. The van der Waals surface area contributed by atoms with Gasteiger partial charge in [-0.1, -0.05) is 48.3 Å². The topological polar surface area (TPSA) is 87.7 Å². The largest absolute Gasteiger partial charge is 0.464 e. The van der Waals surface area contributed by atoms with Gasteiger partial charge >= 0.3 is 5.97 Å². The molecule has 2 aliphatic rings. The number of carbonyl (C=O) groups excluding carboxylic acids is 2. The Morgan fingerprint density at radius 3 is 2.55 bits per heavy atom. The number of halogens is 1. The number of esters is 1. The van der Waals surface area contributed by atoms with Crippen LogP contribution in [0, 0.1) is 0 Å². The number of fused-ring (bicyclic) bond motifs is 1. The van der Waals surface area contributed by atoms with Crippen molar-refractivity contribution in [2.45, 2.75) is 38.1 Å². The second kappa shape index (κ2) is 11.8. The monoisotopic (exact) mass is 595 g/mol. The molecule has 2 fully saturated rings. The van der Waals surface area contributed by atoms with Crippen LogP contribution in [0.5, 0.6) is 0 Å². The fraction of sp³-hybridized carbons (Fsp3) is 0.379. The predicted octanol–water partition coefficient (Wildman–Crippen LogP) is 6.57.